The zero-order valence-corrected chi connectivity index (χ0v) is 31.3. The molecule has 0 saturated carbocycles. The van der Waals surface area contributed by atoms with Crippen molar-refractivity contribution in [2.75, 3.05) is 37.6 Å². The molecule has 2 unspecified atom stereocenters. The minimum atomic E-state index is -0.730. The van der Waals surface area contributed by atoms with Crippen LogP contribution < -0.4 is 9.64 Å². The third kappa shape index (κ3) is 8.84. The second-order valence-electron chi connectivity index (χ2n) is 15.3. The number of carbonyl (C=O) groups excluding carboxylic acids is 2. The lowest BCUT2D eigenvalue weighted by Crippen LogP contribution is -2.57. The highest BCUT2D eigenvalue weighted by Crippen LogP contribution is 2.37. The van der Waals surface area contributed by atoms with E-state index >= 15 is 4.39 Å². The van der Waals surface area contributed by atoms with Crippen LogP contribution in [0.3, 0.4) is 0 Å². The summed E-state index contributed by atoms with van der Waals surface area (Å²) in [4.78, 5) is 44.9. The van der Waals surface area contributed by atoms with Crippen molar-refractivity contribution in [3.63, 3.8) is 0 Å². The second kappa shape index (κ2) is 15.9. The van der Waals surface area contributed by atoms with Gasteiger partial charge in [-0.3, -0.25) is 9.69 Å². The zero-order valence-electron chi connectivity index (χ0n) is 30.5. The summed E-state index contributed by atoms with van der Waals surface area (Å²) in [6.07, 6.45) is 7.33. The van der Waals surface area contributed by atoms with Crippen LogP contribution in [0, 0.1) is 11.7 Å². The van der Waals surface area contributed by atoms with E-state index in [4.69, 9.17) is 30.8 Å². The minimum Gasteiger partial charge on any atom is -0.461 e. The van der Waals surface area contributed by atoms with E-state index in [0.717, 1.165) is 56.6 Å². The average Bonchev–Trinajstić information content (AvgIpc) is 3.70. The van der Waals surface area contributed by atoms with Crippen molar-refractivity contribution in [1.29, 1.82) is 0 Å². The van der Waals surface area contributed by atoms with Crippen LogP contribution >= 0.6 is 11.6 Å². The molecule has 0 spiro atoms. The predicted octanol–water partition coefficient (Wildman–Crippen LogP) is 6.63. The van der Waals surface area contributed by atoms with Crippen LogP contribution in [0.2, 0.25) is 5.15 Å². The predicted molar refractivity (Wildman–Crippen MR) is 198 cm³/mol. The van der Waals surface area contributed by atoms with Crippen LogP contribution in [0.15, 0.2) is 54.9 Å². The molecule has 3 aliphatic heterocycles. The first-order chi connectivity index (χ1) is 25.5. The highest BCUT2D eigenvalue weighted by Gasteiger charge is 2.45. The molecule has 12 nitrogen and oxygen atoms in total. The van der Waals surface area contributed by atoms with Crippen molar-refractivity contribution in [3.05, 3.63) is 77.1 Å². The maximum Gasteiger partial charge on any atom is 0.410 e. The van der Waals surface area contributed by atoms with Gasteiger partial charge in [-0.2, -0.15) is 9.97 Å². The van der Waals surface area contributed by atoms with Crippen molar-refractivity contribution in [2.24, 2.45) is 5.92 Å². The maximum absolute atomic E-state index is 15.4. The van der Waals surface area contributed by atoms with Gasteiger partial charge in [0.2, 0.25) is 0 Å². The molecule has 6 heterocycles. The molecule has 14 heteroatoms. The Bertz CT molecular complexity index is 1900. The lowest BCUT2D eigenvalue weighted by Gasteiger charge is -2.42. The van der Waals surface area contributed by atoms with Crippen LogP contribution in [0.1, 0.15) is 64.1 Å². The highest BCUT2D eigenvalue weighted by atomic mass is 35.5. The van der Waals surface area contributed by atoms with E-state index in [1.807, 2.05) is 74.3 Å². The first-order valence-electron chi connectivity index (χ1n) is 18.5. The van der Waals surface area contributed by atoms with Gasteiger partial charge in [-0.15, -0.1) is 0 Å². The van der Waals surface area contributed by atoms with E-state index in [1.54, 1.807) is 0 Å². The summed E-state index contributed by atoms with van der Waals surface area (Å²) >= 11 is 6.10. The van der Waals surface area contributed by atoms with Gasteiger partial charge < -0.3 is 28.6 Å². The van der Waals surface area contributed by atoms with E-state index in [-0.39, 0.29) is 47.4 Å². The number of piperazine rings is 1. The molecule has 53 heavy (non-hydrogen) atoms. The molecule has 2 bridgehead atoms. The van der Waals surface area contributed by atoms with Crippen molar-refractivity contribution in [3.8, 4) is 6.01 Å². The topological polar surface area (TPSA) is 115 Å². The van der Waals surface area contributed by atoms with Crippen LogP contribution in [-0.4, -0.2) is 91.8 Å². The fraction of sp³-hybridized carbons (Fsp3) is 0.513. The van der Waals surface area contributed by atoms with Gasteiger partial charge in [-0.05, 0) is 83.2 Å². The van der Waals surface area contributed by atoms with E-state index in [1.165, 1.54) is 6.20 Å². The summed E-state index contributed by atoms with van der Waals surface area (Å²) < 4.78 is 34.9. The van der Waals surface area contributed by atoms with Gasteiger partial charge in [-0.1, -0.05) is 41.9 Å². The third-order valence-electron chi connectivity index (χ3n) is 10.3. The van der Waals surface area contributed by atoms with Crippen molar-refractivity contribution in [1.82, 2.24) is 29.3 Å². The van der Waals surface area contributed by atoms with E-state index in [9.17, 15) is 9.59 Å². The van der Waals surface area contributed by atoms with Crippen molar-refractivity contribution >= 4 is 40.4 Å². The van der Waals surface area contributed by atoms with Gasteiger partial charge in [0, 0.05) is 38.6 Å². The summed E-state index contributed by atoms with van der Waals surface area (Å²) in [5.41, 5.74) is 1.39. The Morgan fingerprint density at radius 2 is 1.70 bits per heavy atom. The molecule has 3 saturated heterocycles. The zero-order chi connectivity index (χ0) is 37.1. The molecule has 3 aliphatic rings. The van der Waals surface area contributed by atoms with Gasteiger partial charge in [0.05, 0.1) is 29.6 Å². The molecule has 7 rings (SSSR count). The lowest BCUT2D eigenvalue weighted by atomic mass is 9.96. The Balaban J connectivity index is 0.961. The molecule has 2 atom stereocenters. The summed E-state index contributed by atoms with van der Waals surface area (Å²) in [5, 5.41) is 0.161. The number of pyridine rings is 1. The molecule has 282 valence electrons. The highest BCUT2D eigenvalue weighted by molar-refractivity contribution is 6.30. The van der Waals surface area contributed by atoms with Crippen LogP contribution in [-0.2, 0) is 34.0 Å². The number of aromatic nitrogens is 4. The standard InChI is InChI=1S/C39H47ClFN7O5/c1-39(2,3)53-38(50)48-28-11-12-29(48)23-47(22-28)36-31-20-42-35(40)33(41)34(31)43-37(44-36)52-25-30-10-7-16-46(30)21-26-13-17-45(18-14-26)19-15-32(49)51-24-27-8-5-4-6-9-27/h4-10,16,20,26,28-29H,11-15,17-19,21-25H2,1-3H3. The number of amides is 1. The molecule has 1 amide bonds. The molecule has 0 N–H and O–H groups in total. The van der Waals surface area contributed by atoms with E-state index in [0.29, 0.717) is 49.8 Å². The van der Waals surface area contributed by atoms with Gasteiger partial charge in [-0.25, -0.2) is 14.2 Å². The summed E-state index contributed by atoms with van der Waals surface area (Å²) in [5.74, 6) is 0.0718. The molecule has 3 aromatic heterocycles. The first kappa shape index (κ1) is 36.9. The van der Waals surface area contributed by atoms with Gasteiger partial charge in [0.15, 0.2) is 11.0 Å². The summed E-state index contributed by atoms with van der Waals surface area (Å²) in [6, 6.07) is 13.6. The molecule has 0 aliphatic carbocycles. The lowest BCUT2D eigenvalue weighted by molar-refractivity contribution is -0.145. The number of esters is 1. The summed E-state index contributed by atoms with van der Waals surface area (Å²) in [6.45, 7) is 10.5. The quantitative estimate of drug-likeness (QED) is 0.122. The number of benzene rings is 1. The molecular weight excluding hydrogens is 701 g/mol. The number of likely N-dealkylation sites (tertiary alicyclic amines) is 1. The number of hydrogen-bond donors (Lipinski definition) is 0. The number of piperidine rings is 1. The Morgan fingerprint density at radius 3 is 2.42 bits per heavy atom. The second-order valence-corrected chi connectivity index (χ2v) is 15.6. The smallest absolute Gasteiger partial charge is 0.410 e. The Morgan fingerprint density at radius 1 is 0.962 bits per heavy atom. The minimum absolute atomic E-state index is 0.0403. The molecule has 4 aromatic rings. The largest absolute Gasteiger partial charge is 0.461 e. The summed E-state index contributed by atoms with van der Waals surface area (Å²) in [7, 11) is 0. The number of fused-ring (bicyclic) bond motifs is 3. The number of carbonyl (C=O) groups is 2. The Labute approximate surface area is 314 Å². The third-order valence-corrected chi connectivity index (χ3v) is 10.6. The van der Waals surface area contributed by atoms with E-state index in [2.05, 4.69) is 24.3 Å². The number of halogens is 2. The maximum atomic E-state index is 15.4. The molecular formula is C39H47ClFN7O5. The molecule has 3 fully saturated rings. The van der Waals surface area contributed by atoms with Gasteiger partial charge >= 0.3 is 18.1 Å². The van der Waals surface area contributed by atoms with E-state index < -0.39 is 11.4 Å². The van der Waals surface area contributed by atoms with Crippen molar-refractivity contribution < 1.29 is 28.2 Å². The number of ether oxygens (including phenoxy) is 3. The van der Waals surface area contributed by atoms with Crippen LogP contribution in [0.4, 0.5) is 15.0 Å². The molecule has 1 aromatic carbocycles. The number of anilines is 1. The normalized spacial score (nSPS) is 19.5. The fourth-order valence-corrected chi connectivity index (χ4v) is 7.76. The SMILES string of the molecule is CC(C)(C)OC(=O)N1C2CCC1CN(c1nc(OCc3cccn3CC3CCN(CCC(=O)OCc4ccccc4)CC3)nc3c(F)c(Cl)ncc13)C2. The van der Waals surface area contributed by atoms with Gasteiger partial charge in [0.1, 0.15) is 30.1 Å². The molecule has 0 radical (unpaired) electrons. The monoisotopic (exact) mass is 747 g/mol. The van der Waals surface area contributed by atoms with Crippen LogP contribution in [0.5, 0.6) is 6.01 Å². The number of hydrogen-bond acceptors (Lipinski definition) is 10. The van der Waals surface area contributed by atoms with Crippen LogP contribution in [0.25, 0.3) is 10.9 Å². The fourth-order valence-electron chi connectivity index (χ4n) is 7.62. The average molecular weight is 748 g/mol. The number of rotatable bonds is 11. The Hall–Kier alpha value is -4.49. The van der Waals surface area contributed by atoms with Gasteiger partial charge in [0.25, 0.3) is 0 Å². The van der Waals surface area contributed by atoms with Crippen molar-refractivity contribution in [2.45, 2.75) is 90.3 Å². The number of nitrogens with zero attached hydrogens (tertiary/aromatic N) is 7. The Kier molecular flexibility index (Phi) is 11.0. The first-order valence-corrected chi connectivity index (χ1v) is 18.9.